The van der Waals surface area contributed by atoms with Gasteiger partial charge in [0.25, 0.3) is 5.91 Å². The van der Waals surface area contributed by atoms with E-state index in [9.17, 15) is 19.5 Å². The minimum atomic E-state index is -1.32. The van der Waals surface area contributed by atoms with Crippen LogP contribution in [0.3, 0.4) is 0 Å². The summed E-state index contributed by atoms with van der Waals surface area (Å²) in [7, 11) is 0. The van der Waals surface area contributed by atoms with Crippen molar-refractivity contribution >= 4 is 41.0 Å². The van der Waals surface area contributed by atoms with Crippen molar-refractivity contribution in [1.82, 2.24) is 10.4 Å². The van der Waals surface area contributed by atoms with Crippen molar-refractivity contribution in [3.8, 4) is 0 Å². The van der Waals surface area contributed by atoms with Gasteiger partial charge in [-0.05, 0) is 18.2 Å². The molecule has 6 nitrogen and oxygen atoms in total. The van der Waals surface area contributed by atoms with Crippen molar-refractivity contribution in [2.45, 2.75) is 6.42 Å². The van der Waals surface area contributed by atoms with E-state index in [2.05, 4.69) is 5.43 Å². The van der Waals surface area contributed by atoms with Crippen molar-refractivity contribution in [2.75, 3.05) is 6.54 Å². The molecule has 0 unspecified atom stereocenters. The van der Waals surface area contributed by atoms with Gasteiger partial charge >= 0.3 is 0 Å². The van der Waals surface area contributed by atoms with Crippen LogP contribution < -0.4 is 10.5 Å². The summed E-state index contributed by atoms with van der Waals surface area (Å²) in [5, 5.41) is 12.2. The van der Waals surface area contributed by atoms with Crippen LogP contribution in [0.5, 0.6) is 0 Å². The maximum absolute atomic E-state index is 12.0. The Hall–Kier alpha value is -1.79. The first kappa shape index (κ1) is 14.6. The number of amides is 2. The van der Waals surface area contributed by atoms with Crippen molar-refractivity contribution in [3.63, 3.8) is 0 Å². The molecule has 0 aliphatic carbocycles. The Balaban J connectivity index is 2.08. The molecule has 1 aliphatic heterocycles. The van der Waals surface area contributed by atoms with E-state index in [4.69, 9.17) is 23.2 Å². The summed E-state index contributed by atoms with van der Waals surface area (Å²) >= 11 is 11.6. The molecule has 106 valence electrons. The second kappa shape index (κ2) is 5.68. The van der Waals surface area contributed by atoms with Crippen LogP contribution in [0.1, 0.15) is 16.8 Å². The lowest BCUT2D eigenvalue weighted by Gasteiger charge is -2.18. The Bertz CT molecular complexity index is 591. The highest BCUT2D eigenvalue weighted by atomic mass is 35.5. The van der Waals surface area contributed by atoms with Crippen molar-refractivity contribution in [1.29, 1.82) is 0 Å². The van der Waals surface area contributed by atoms with Crippen LogP contribution in [0.25, 0.3) is 0 Å². The maximum atomic E-state index is 12.0. The van der Waals surface area contributed by atoms with Crippen molar-refractivity contribution in [3.05, 3.63) is 33.8 Å². The monoisotopic (exact) mass is 315 g/mol. The minimum Gasteiger partial charge on any atom is -0.550 e. The number of hydrazine groups is 1. The first-order valence-corrected chi connectivity index (χ1v) is 6.41. The van der Waals surface area contributed by atoms with Gasteiger partial charge in [-0.3, -0.25) is 20.0 Å². The molecular weight excluding hydrogens is 307 g/mol. The molecule has 2 rings (SSSR count). The summed E-state index contributed by atoms with van der Waals surface area (Å²) in [4.78, 5) is 34.2. The van der Waals surface area contributed by atoms with Gasteiger partial charge in [-0.2, -0.15) is 0 Å². The normalized spacial score (nSPS) is 18.2. The maximum Gasteiger partial charge on any atom is 0.271 e. The van der Waals surface area contributed by atoms with Gasteiger partial charge in [0.05, 0.1) is 17.1 Å². The topological polar surface area (TPSA) is 89.5 Å². The van der Waals surface area contributed by atoms with E-state index in [0.29, 0.717) is 5.02 Å². The van der Waals surface area contributed by atoms with Crippen LogP contribution >= 0.6 is 23.2 Å². The van der Waals surface area contributed by atoms with Gasteiger partial charge in [-0.1, -0.05) is 23.2 Å². The van der Waals surface area contributed by atoms with Gasteiger partial charge in [0.1, 0.15) is 0 Å². The second-order valence-electron chi connectivity index (χ2n) is 4.29. The number of benzene rings is 1. The molecule has 1 aromatic rings. The van der Waals surface area contributed by atoms with Gasteiger partial charge in [0, 0.05) is 23.3 Å². The minimum absolute atomic E-state index is 0.127. The Kier molecular flexibility index (Phi) is 4.15. The number of carboxylic acid groups (broad SMARTS) is 1. The van der Waals surface area contributed by atoms with Crippen LogP contribution in [-0.4, -0.2) is 29.3 Å². The zero-order chi connectivity index (χ0) is 14.9. The first-order valence-electron chi connectivity index (χ1n) is 5.65. The summed E-state index contributed by atoms with van der Waals surface area (Å²) in [6.45, 7) is -0.127. The lowest BCUT2D eigenvalue weighted by molar-refractivity contribution is -0.311. The molecule has 1 atom stereocenters. The summed E-state index contributed by atoms with van der Waals surface area (Å²) < 4.78 is 0. The number of aliphatic carboxylic acids is 1. The molecule has 1 fully saturated rings. The number of carbonyl (C=O) groups is 3. The van der Waals surface area contributed by atoms with Gasteiger partial charge in [-0.25, -0.2) is 0 Å². The zero-order valence-corrected chi connectivity index (χ0v) is 11.6. The van der Waals surface area contributed by atoms with E-state index in [0.717, 1.165) is 5.01 Å². The second-order valence-corrected chi connectivity index (χ2v) is 5.13. The van der Waals surface area contributed by atoms with E-state index < -0.39 is 23.7 Å². The third-order valence-corrected chi connectivity index (χ3v) is 3.42. The summed E-state index contributed by atoms with van der Waals surface area (Å²) in [5.41, 5.74) is 2.46. The van der Waals surface area contributed by atoms with Crippen LogP contribution in [0.4, 0.5) is 0 Å². The number of rotatable bonds is 3. The molecule has 1 aliphatic rings. The third-order valence-electron chi connectivity index (χ3n) is 2.87. The number of nitrogens with zero attached hydrogens (tertiary/aromatic N) is 1. The standard InChI is InChI=1S/C12H10Cl2N2O4/c13-7-1-2-8(9(14)4-7)11(18)15-16-5-6(12(19)20)3-10(16)17/h1-2,4,6H,3,5H2,(H,15,18)(H,19,20)/p-1/t6-/m0/s1. The fraction of sp³-hybridized carbons (Fsp3) is 0.250. The molecule has 1 aromatic carbocycles. The van der Waals surface area contributed by atoms with E-state index in [1.807, 2.05) is 0 Å². The molecule has 8 heteroatoms. The lowest BCUT2D eigenvalue weighted by Crippen LogP contribution is -2.44. The predicted octanol–water partition coefficient (Wildman–Crippen LogP) is 0.237. The Morgan fingerprint density at radius 1 is 1.35 bits per heavy atom. The Labute approximate surface area is 124 Å². The SMILES string of the molecule is O=C(NN1C[C@@H](C(=O)[O-])CC1=O)c1ccc(Cl)cc1Cl. The van der Waals surface area contributed by atoms with E-state index in [-0.39, 0.29) is 23.6 Å². The van der Waals surface area contributed by atoms with E-state index in [1.165, 1.54) is 18.2 Å². The quantitative estimate of drug-likeness (QED) is 0.865. The molecule has 0 saturated carbocycles. The number of hydrogen-bond acceptors (Lipinski definition) is 4. The molecule has 2 amide bonds. The van der Waals surface area contributed by atoms with Gasteiger partial charge in [0.2, 0.25) is 5.91 Å². The largest absolute Gasteiger partial charge is 0.550 e. The van der Waals surface area contributed by atoms with Crippen LogP contribution in [0.2, 0.25) is 10.0 Å². The van der Waals surface area contributed by atoms with Gasteiger partial charge in [0.15, 0.2) is 0 Å². The zero-order valence-electron chi connectivity index (χ0n) is 10.1. The number of hydrogen-bond donors (Lipinski definition) is 1. The fourth-order valence-electron chi connectivity index (χ4n) is 1.83. The van der Waals surface area contributed by atoms with E-state index in [1.54, 1.807) is 0 Å². The number of nitrogens with one attached hydrogen (secondary N) is 1. The van der Waals surface area contributed by atoms with Crippen molar-refractivity contribution < 1.29 is 19.5 Å². The molecule has 1 heterocycles. The summed E-state index contributed by atoms with van der Waals surface area (Å²) in [6, 6.07) is 4.29. The van der Waals surface area contributed by atoms with Gasteiger partial charge < -0.3 is 9.90 Å². The number of halogens is 2. The Morgan fingerprint density at radius 3 is 2.60 bits per heavy atom. The third kappa shape index (κ3) is 3.02. The fourth-order valence-corrected chi connectivity index (χ4v) is 2.32. The lowest BCUT2D eigenvalue weighted by atomic mass is 10.1. The molecule has 1 saturated heterocycles. The van der Waals surface area contributed by atoms with Crippen LogP contribution in [0, 0.1) is 5.92 Å². The molecule has 1 N–H and O–H groups in total. The van der Waals surface area contributed by atoms with E-state index >= 15 is 0 Å². The molecule has 0 bridgehead atoms. The first-order chi connectivity index (χ1) is 9.38. The predicted molar refractivity (Wildman–Crippen MR) is 68.8 cm³/mol. The van der Waals surface area contributed by atoms with Crippen molar-refractivity contribution in [2.24, 2.45) is 5.92 Å². The highest BCUT2D eigenvalue weighted by Gasteiger charge is 2.32. The smallest absolute Gasteiger partial charge is 0.271 e. The van der Waals surface area contributed by atoms with Crippen LogP contribution in [0.15, 0.2) is 18.2 Å². The average molecular weight is 316 g/mol. The molecule has 0 radical (unpaired) electrons. The highest BCUT2D eigenvalue weighted by molar-refractivity contribution is 6.36. The van der Waals surface area contributed by atoms with Crippen LogP contribution in [-0.2, 0) is 9.59 Å². The number of carbonyl (C=O) groups excluding carboxylic acids is 3. The molecule has 0 aromatic heterocycles. The highest BCUT2D eigenvalue weighted by Crippen LogP contribution is 2.21. The molecule has 0 spiro atoms. The molecule has 20 heavy (non-hydrogen) atoms. The van der Waals surface area contributed by atoms with Gasteiger partial charge in [-0.15, -0.1) is 0 Å². The average Bonchev–Trinajstić information content (AvgIpc) is 2.71. The summed E-state index contributed by atoms with van der Waals surface area (Å²) in [6.07, 6.45) is -0.197. The summed E-state index contributed by atoms with van der Waals surface area (Å²) in [5.74, 6) is -3.35. The number of carboxylic acids is 1. The Morgan fingerprint density at radius 2 is 2.05 bits per heavy atom. The molecular formula is C12H9Cl2N2O4-.